The minimum absolute atomic E-state index is 0.0276. The lowest BCUT2D eigenvalue weighted by atomic mass is 10.1. The predicted octanol–water partition coefficient (Wildman–Crippen LogP) is 5.25. The molecule has 0 spiro atoms. The van der Waals surface area contributed by atoms with Gasteiger partial charge < -0.3 is 5.32 Å². The summed E-state index contributed by atoms with van der Waals surface area (Å²) in [6.07, 6.45) is -5.26. The number of hydrogen-bond donors (Lipinski definition) is 2. The van der Waals surface area contributed by atoms with Crippen molar-refractivity contribution in [3.8, 4) is 0 Å². The number of nitrogens with one attached hydrogen (secondary N) is 2. The SMILES string of the molecule is O=C(NC1(C(F)(F)F)C(=O)Nc2nc3cc(Cl)c(Cl)cc3n21)c1cc(Cl)cc(Cl)c1. The highest BCUT2D eigenvalue weighted by Crippen LogP contribution is 2.45. The molecule has 1 aliphatic rings. The normalized spacial score (nSPS) is 18.4. The third-order valence-electron chi connectivity index (χ3n) is 4.42. The van der Waals surface area contributed by atoms with Gasteiger partial charge >= 0.3 is 6.18 Å². The second kappa shape index (κ2) is 6.91. The van der Waals surface area contributed by atoms with Gasteiger partial charge in [-0.25, -0.2) is 4.98 Å². The summed E-state index contributed by atoms with van der Waals surface area (Å²) in [7, 11) is 0. The number of aromatic nitrogens is 2. The van der Waals surface area contributed by atoms with Crippen molar-refractivity contribution in [3.63, 3.8) is 0 Å². The van der Waals surface area contributed by atoms with Gasteiger partial charge in [0.1, 0.15) is 0 Å². The van der Waals surface area contributed by atoms with Crippen molar-refractivity contribution >= 4 is 75.2 Å². The van der Waals surface area contributed by atoms with E-state index in [1.807, 2.05) is 5.32 Å². The monoisotopic (exact) mass is 496 g/mol. The van der Waals surface area contributed by atoms with Gasteiger partial charge in [-0.15, -0.1) is 0 Å². The maximum absolute atomic E-state index is 14.3. The van der Waals surface area contributed by atoms with Gasteiger partial charge in [0.2, 0.25) is 5.95 Å². The van der Waals surface area contributed by atoms with Crippen molar-refractivity contribution in [3.05, 3.63) is 56.0 Å². The molecular formula is C17H7Cl4F3N4O2. The molecule has 2 N–H and O–H groups in total. The van der Waals surface area contributed by atoms with Crippen molar-refractivity contribution in [1.29, 1.82) is 0 Å². The zero-order valence-electron chi connectivity index (χ0n) is 14.2. The summed E-state index contributed by atoms with van der Waals surface area (Å²) in [4.78, 5) is 29.2. The van der Waals surface area contributed by atoms with Crippen LogP contribution in [0, 0.1) is 0 Å². The summed E-state index contributed by atoms with van der Waals surface area (Å²) in [6, 6.07) is 5.90. The lowest BCUT2D eigenvalue weighted by Crippen LogP contribution is -2.63. The molecule has 0 bridgehead atoms. The highest BCUT2D eigenvalue weighted by molar-refractivity contribution is 6.42. The molecular weight excluding hydrogens is 491 g/mol. The number of carbonyl (C=O) groups is 2. The van der Waals surface area contributed by atoms with Crippen molar-refractivity contribution in [2.24, 2.45) is 0 Å². The molecule has 13 heteroatoms. The van der Waals surface area contributed by atoms with Crippen LogP contribution in [0.1, 0.15) is 10.4 Å². The summed E-state index contributed by atoms with van der Waals surface area (Å²) in [5.41, 5.74) is -3.91. The van der Waals surface area contributed by atoms with Crippen LogP contribution in [0.4, 0.5) is 19.1 Å². The van der Waals surface area contributed by atoms with Crippen molar-refractivity contribution in [1.82, 2.24) is 14.9 Å². The van der Waals surface area contributed by atoms with Crippen LogP contribution in [0.3, 0.4) is 0 Å². The van der Waals surface area contributed by atoms with Gasteiger partial charge in [-0.1, -0.05) is 46.4 Å². The Morgan fingerprint density at radius 1 is 1.03 bits per heavy atom. The molecule has 0 saturated heterocycles. The Kier molecular flexibility index (Phi) is 4.85. The van der Waals surface area contributed by atoms with Crippen LogP contribution in [0.25, 0.3) is 11.0 Å². The van der Waals surface area contributed by atoms with Gasteiger partial charge in [0, 0.05) is 15.6 Å². The molecule has 2 aromatic carbocycles. The first-order chi connectivity index (χ1) is 13.9. The number of imidazole rings is 1. The van der Waals surface area contributed by atoms with E-state index in [0.717, 1.165) is 18.2 Å². The largest absolute Gasteiger partial charge is 0.440 e. The van der Waals surface area contributed by atoms with Gasteiger partial charge in [-0.05, 0) is 30.3 Å². The molecule has 3 aromatic rings. The van der Waals surface area contributed by atoms with Crippen molar-refractivity contribution < 1.29 is 22.8 Å². The Hall–Kier alpha value is -2.20. The Labute approximate surface area is 185 Å². The average molecular weight is 498 g/mol. The van der Waals surface area contributed by atoms with Gasteiger partial charge in [0.05, 0.1) is 21.1 Å². The van der Waals surface area contributed by atoms with E-state index in [1.54, 1.807) is 5.32 Å². The zero-order chi connectivity index (χ0) is 22.0. The fourth-order valence-electron chi connectivity index (χ4n) is 3.15. The molecule has 0 aliphatic carbocycles. The Balaban J connectivity index is 1.93. The maximum atomic E-state index is 14.3. The fraction of sp³-hybridized carbons (Fsp3) is 0.118. The molecule has 6 nitrogen and oxygen atoms in total. The minimum Gasteiger partial charge on any atom is -0.313 e. The van der Waals surface area contributed by atoms with E-state index >= 15 is 0 Å². The first-order valence-corrected chi connectivity index (χ1v) is 9.50. The smallest absolute Gasteiger partial charge is 0.313 e. The summed E-state index contributed by atoms with van der Waals surface area (Å²) in [5, 5.41) is 3.87. The van der Waals surface area contributed by atoms with Gasteiger partial charge in [0.15, 0.2) is 0 Å². The van der Waals surface area contributed by atoms with Gasteiger partial charge in [-0.3, -0.25) is 19.5 Å². The molecule has 2 heterocycles. The number of rotatable bonds is 2. The molecule has 2 amide bonds. The van der Waals surface area contributed by atoms with Crippen LogP contribution >= 0.6 is 46.4 Å². The van der Waals surface area contributed by atoms with E-state index in [-0.39, 0.29) is 36.7 Å². The second-order valence-corrected chi connectivity index (χ2v) is 7.99. The molecule has 0 saturated carbocycles. The summed E-state index contributed by atoms with van der Waals surface area (Å²) >= 11 is 23.5. The second-order valence-electron chi connectivity index (χ2n) is 6.30. The summed E-state index contributed by atoms with van der Waals surface area (Å²) < 4.78 is 43.5. The Morgan fingerprint density at radius 2 is 1.63 bits per heavy atom. The lowest BCUT2D eigenvalue weighted by molar-refractivity contribution is -0.213. The van der Waals surface area contributed by atoms with E-state index in [1.165, 1.54) is 12.1 Å². The van der Waals surface area contributed by atoms with E-state index in [9.17, 15) is 22.8 Å². The van der Waals surface area contributed by atoms with Gasteiger partial charge in [0.25, 0.3) is 17.5 Å². The molecule has 1 unspecified atom stereocenters. The first kappa shape index (κ1) is 21.0. The van der Waals surface area contributed by atoms with Crippen LogP contribution in [0.15, 0.2) is 30.3 Å². The van der Waals surface area contributed by atoms with Gasteiger partial charge in [-0.2, -0.15) is 13.2 Å². The highest BCUT2D eigenvalue weighted by atomic mass is 35.5. The Bertz CT molecular complexity index is 1220. The summed E-state index contributed by atoms with van der Waals surface area (Å²) in [5.74, 6) is -3.22. The van der Waals surface area contributed by atoms with E-state index < -0.39 is 29.6 Å². The highest BCUT2D eigenvalue weighted by Gasteiger charge is 2.67. The zero-order valence-corrected chi connectivity index (χ0v) is 17.3. The van der Waals surface area contributed by atoms with Crippen LogP contribution in [-0.4, -0.2) is 27.5 Å². The van der Waals surface area contributed by atoms with Crippen LogP contribution in [0.2, 0.25) is 20.1 Å². The number of nitrogens with zero attached hydrogens (tertiary/aromatic N) is 2. The quantitative estimate of drug-likeness (QED) is 0.508. The fourth-order valence-corrected chi connectivity index (χ4v) is 3.99. The van der Waals surface area contributed by atoms with Crippen LogP contribution < -0.4 is 10.6 Å². The molecule has 0 radical (unpaired) electrons. The number of halogens is 7. The molecule has 156 valence electrons. The van der Waals surface area contributed by atoms with Crippen LogP contribution in [0.5, 0.6) is 0 Å². The summed E-state index contributed by atoms with van der Waals surface area (Å²) in [6.45, 7) is 0. The van der Waals surface area contributed by atoms with Crippen molar-refractivity contribution in [2.45, 2.75) is 11.8 Å². The number of carbonyl (C=O) groups excluding carboxylic acids is 2. The first-order valence-electron chi connectivity index (χ1n) is 7.99. The number of benzene rings is 2. The molecule has 30 heavy (non-hydrogen) atoms. The number of hydrogen-bond acceptors (Lipinski definition) is 3. The average Bonchev–Trinajstić information content (AvgIpc) is 3.08. The molecule has 1 atom stereocenters. The minimum atomic E-state index is -5.26. The standard InChI is InChI=1S/C17H7Cl4F3N4O2/c18-7-1-6(2-8(19)3-7)13(29)27-16(17(22,23)24)14(30)26-15-25-11-4-9(20)10(21)5-12(11)28(15)16/h1-5H,(H,27,29)(H,25,26,30). The third kappa shape index (κ3) is 3.08. The topological polar surface area (TPSA) is 76.0 Å². The third-order valence-corrected chi connectivity index (χ3v) is 5.57. The molecule has 4 rings (SSSR count). The van der Waals surface area contributed by atoms with E-state index in [2.05, 4.69) is 4.98 Å². The predicted molar refractivity (Wildman–Crippen MR) is 106 cm³/mol. The number of anilines is 1. The molecule has 0 fully saturated rings. The molecule has 1 aromatic heterocycles. The van der Waals surface area contributed by atoms with Crippen molar-refractivity contribution in [2.75, 3.05) is 5.32 Å². The number of amides is 2. The molecule has 1 aliphatic heterocycles. The van der Waals surface area contributed by atoms with E-state index in [4.69, 9.17) is 46.4 Å². The van der Waals surface area contributed by atoms with E-state index in [0.29, 0.717) is 4.57 Å². The maximum Gasteiger partial charge on any atom is 0.440 e. The Morgan fingerprint density at radius 3 is 2.23 bits per heavy atom. The number of fused-ring (bicyclic) bond motifs is 3. The lowest BCUT2D eigenvalue weighted by Gasteiger charge is -2.32. The van der Waals surface area contributed by atoms with Crippen LogP contribution in [-0.2, 0) is 10.5 Å². The number of alkyl halides is 3.